The van der Waals surface area contributed by atoms with E-state index in [9.17, 15) is 0 Å². The van der Waals surface area contributed by atoms with Crippen molar-refractivity contribution in [3.05, 3.63) is 6.33 Å². The smallest absolute Gasteiger partial charge is 0.242 e. The molecule has 0 spiro atoms. The zero-order valence-electron chi connectivity index (χ0n) is 11.6. The summed E-state index contributed by atoms with van der Waals surface area (Å²) >= 11 is 0. The zero-order valence-corrected chi connectivity index (χ0v) is 11.6. The second-order valence-corrected chi connectivity index (χ2v) is 4.83. The van der Waals surface area contributed by atoms with Crippen LogP contribution in [0.1, 0.15) is 25.7 Å². The molecule has 0 bridgehead atoms. The summed E-state index contributed by atoms with van der Waals surface area (Å²) in [6, 6.07) is 0. The molecule has 0 atom stereocenters. The van der Waals surface area contributed by atoms with Gasteiger partial charge in [-0.05, 0) is 45.3 Å². The van der Waals surface area contributed by atoms with E-state index in [4.69, 9.17) is 10.5 Å². The largest absolute Gasteiger partial charge is 0.479 e. The molecule has 2 rings (SSSR count). The lowest BCUT2D eigenvalue weighted by Gasteiger charge is -2.14. The summed E-state index contributed by atoms with van der Waals surface area (Å²) in [7, 11) is 1.55. The van der Waals surface area contributed by atoms with E-state index < -0.39 is 0 Å². The van der Waals surface area contributed by atoms with Gasteiger partial charge in [0.1, 0.15) is 12.0 Å². The number of hydrogen-bond acceptors (Lipinski definition) is 6. The van der Waals surface area contributed by atoms with Gasteiger partial charge in [-0.1, -0.05) is 0 Å². The second kappa shape index (κ2) is 7.13. The molecule has 1 aliphatic rings. The number of nitrogens with one attached hydrogen (secondary N) is 1. The first-order valence-corrected chi connectivity index (χ1v) is 6.92. The third kappa shape index (κ3) is 3.96. The Morgan fingerprint density at radius 3 is 2.84 bits per heavy atom. The van der Waals surface area contributed by atoms with Gasteiger partial charge >= 0.3 is 0 Å². The van der Waals surface area contributed by atoms with Crippen LogP contribution in [0.2, 0.25) is 0 Å². The van der Waals surface area contributed by atoms with E-state index in [1.807, 2.05) is 0 Å². The monoisotopic (exact) mass is 265 g/mol. The molecular weight excluding hydrogens is 242 g/mol. The van der Waals surface area contributed by atoms with E-state index in [0.29, 0.717) is 17.4 Å². The topological polar surface area (TPSA) is 76.3 Å². The number of anilines is 2. The van der Waals surface area contributed by atoms with Gasteiger partial charge < -0.3 is 20.7 Å². The summed E-state index contributed by atoms with van der Waals surface area (Å²) < 4.78 is 5.06. The maximum atomic E-state index is 5.89. The first-order chi connectivity index (χ1) is 9.31. The van der Waals surface area contributed by atoms with Gasteiger partial charge in [0.2, 0.25) is 5.88 Å². The molecule has 1 aromatic rings. The molecule has 2 heterocycles. The second-order valence-electron chi connectivity index (χ2n) is 4.83. The Balaban J connectivity index is 1.67. The number of ether oxygens (including phenoxy) is 1. The molecular formula is C13H23N5O. The Labute approximate surface area is 114 Å². The molecule has 19 heavy (non-hydrogen) atoms. The number of unbranched alkanes of at least 4 members (excludes halogenated alkanes) is 1. The van der Waals surface area contributed by atoms with Gasteiger partial charge in [0.25, 0.3) is 0 Å². The van der Waals surface area contributed by atoms with Gasteiger partial charge in [0.15, 0.2) is 5.82 Å². The first kappa shape index (κ1) is 13.9. The minimum atomic E-state index is 0.426. The Bertz CT molecular complexity index is 393. The van der Waals surface area contributed by atoms with Crippen molar-refractivity contribution in [2.75, 3.05) is 44.3 Å². The predicted molar refractivity (Wildman–Crippen MR) is 76.4 cm³/mol. The molecule has 1 fully saturated rings. The van der Waals surface area contributed by atoms with Gasteiger partial charge in [-0.3, -0.25) is 0 Å². The highest BCUT2D eigenvalue weighted by molar-refractivity contribution is 5.66. The van der Waals surface area contributed by atoms with Crippen LogP contribution in [0.3, 0.4) is 0 Å². The van der Waals surface area contributed by atoms with E-state index in [1.165, 1.54) is 45.2 Å². The fourth-order valence-corrected chi connectivity index (χ4v) is 2.36. The van der Waals surface area contributed by atoms with Crippen LogP contribution in [0.25, 0.3) is 0 Å². The number of aromatic nitrogens is 2. The van der Waals surface area contributed by atoms with Crippen LogP contribution in [0.5, 0.6) is 5.88 Å². The van der Waals surface area contributed by atoms with Crippen LogP contribution in [-0.4, -0.2) is 48.2 Å². The molecule has 6 nitrogen and oxygen atoms in total. The number of hydrogen-bond donors (Lipinski definition) is 2. The molecule has 106 valence electrons. The summed E-state index contributed by atoms with van der Waals surface area (Å²) in [5.74, 6) is 1.09. The number of rotatable bonds is 7. The Kier molecular flexibility index (Phi) is 5.20. The third-order valence-electron chi connectivity index (χ3n) is 3.43. The molecule has 0 radical (unpaired) electrons. The average molecular weight is 265 g/mol. The van der Waals surface area contributed by atoms with E-state index in [1.54, 1.807) is 7.11 Å². The number of likely N-dealkylation sites (tertiary alicyclic amines) is 1. The number of nitrogen functional groups attached to an aromatic ring is 1. The fraction of sp³-hybridized carbons (Fsp3) is 0.692. The SMILES string of the molecule is COc1ncnc(NCCCCN2CCCC2)c1N. The summed E-state index contributed by atoms with van der Waals surface area (Å²) in [5.41, 5.74) is 6.36. The molecule has 0 aromatic carbocycles. The van der Waals surface area contributed by atoms with E-state index in [-0.39, 0.29) is 0 Å². The normalized spacial score (nSPS) is 15.6. The van der Waals surface area contributed by atoms with Crippen molar-refractivity contribution >= 4 is 11.5 Å². The molecule has 1 aliphatic heterocycles. The van der Waals surface area contributed by atoms with Gasteiger partial charge in [-0.2, -0.15) is 4.98 Å². The van der Waals surface area contributed by atoms with Crippen molar-refractivity contribution in [3.63, 3.8) is 0 Å². The number of methoxy groups -OCH3 is 1. The molecule has 0 aliphatic carbocycles. The van der Waals surface area contributed by atoms with Crippen molar-refractivity contribution in [1.29, 1.82) is 0 Å². The Morgan fingerprint density at radius 2 is 2.11 bits per heavy atom. The van der Waals surface area contributed by atoms with Crippen LogP contribution in [0.4, 0.5) is 11.5 Å². The first-order valence-electron chi connectivity index (χ1n) is 6.92. The molecule has 1 aromatic heterocycles. The lowest BCUT2D eigenvalue weighted by Crippen LogP contribution is -2.21. The van der Waals surface area contributed by atoms with Crippen LogP contribution in [0.15, 0.2) is 6.33 Å². The van der Waals surface area contributed by atoms with Crippen molar-refractivity contribution in [2.45, 2.75) is 25.7 Å². The minimum absolute atomic E-state index is 0.426. The Hall–Kier alpha value is -1.56. The van der Waals surface area contributed by atoms with E-state index in [0.717, 1.165) is 13.0 Å². The molecule has 0 saturated carbocycles. The molecule has 3 N–H and O–H groups in total. The summed E-state index contributed by atoms with van der Waals surface area (Å²) in [6.45, 7) is 4.61. The molecule has 0 unspecified atom stereocenters. The fourth-order valence-electron chi connectivity index (χ4n) is 2.36. The minimum Gasteiger partial charge on any atom is -0.479 e. The van der Waals surface area contributed by atoms with Gasteiger partial charge in [-0.15, -0.1) is 0 Å². The average Bonchev–Trinajstić information content (AvgIpc) is 2.93. The molecule has 0 amide bonds. The zero-order chi connectivity index (χ0) is 13.5. The van der Waals surface area contributed by atoms with E-state index in [2.05, 4.69) is 20.2 Å². The highest BCUT2D eigenvalue weighted by atomic mass is 16.5. The lowest BCUT2D eigenvalue weighted by atomic mass is 10.3. The summed E-state index contributed by atoms with van der Waals surface area (Å²) in [4.78, 5) is 10.6. The molecule has 1 saturated heterocycles. The Morgan fingerprint density at radius 1 is 1.32 bits per heavy atom. The van der Waals surface area contributed by atoms with Gasteiger partial charge in [0.05, 0.1) is 7.11 Å². The van der Waals surface area contributed by atoms with Crippen molar-refractivity contribution in [3.8, 4) is 5.88 Å². The van der Waals surface area contributed by atoms with Crippen LogP contribution in [0, 0.1) is 0 Å². The highest BCUT2D eigenvalue weighted by Crippen LogP contribution is 2.23. The highest BCUT2D eigenvalue weighted by Gasteiger charge is 2.10. The van der Waals surface area contributed by atoms with Crippen LogP contribution >= 0.6 is 0 Å². The quantitative estimate of drug-likeness (QED) is 0.725. The summed E-state index contributed by atoms with van der Waals surface area (Å²) in [5, 5.41) is 3.24. The third-order valence-corrected chi connectivity index (χ3v) is 3.43. The van der Waals surface area contributed by atoms with Crippen molar-refractivity contribution < 1.29 is 4.74 Å². The van der Waals surface area contributed by atoms with Gasteiger partial charge in [-0.25, -0.2) is 4.98 Å². The van der Waals surface area contributed by atoms with Crippen molar-refractivity contribution in [1.82, 2.24) is 14.9 Å². The predicted octanol–water partition coefficient (Wildman–Crippen LogP) is 1.36. The van der Waals surface area contributed by atoms with E-state index >= 15 is 0 Å². The van der Waals surface area contributed by atoms with Crippen LogP contribution < -0.4 is 15.8 Å². The van der Waals surface area contributed by atoms with Gasteiger partial charge in [0, 0.05) is 6.54 Å². The summed E-state index contributed by atoms with van der Waals surface area (Å²) in [6.07, 6.45) is 6.49. The number of nitrogens with two attached hydrogens (primary N) is 1. The number of nitrogens with zero attached hydrogens (tertiary/aromatic N) is 3. The molecule has 6 heteroatoms. The standard InChI is InChI=1S/C13H23N5O/c1-19-13-11(14)12(16-10-17-13)15-6-2-3-7-18-8-4-5-9-18/h10H,2-9,14H2,1H3,(H,15,16,17). The van der Waals surface area contributed by atoms with Crippen LogP contribution in [-0.2, 0) is 0 Å². The van der Waals surface area contributed by atoms with Crippen molar-refractivity contribution in [2.24, 2.45) is 0 Å². The maximum absolute atomic E-state index is 5.89. The maximum Gasteiger partial charge on any atom is 0.242 e. The lowest BCUT2D eigenvalue weighted by molar-refractivity contribution is 0.331.